The maximum absolute atomic E-state index is 9.58. The lowest BCUT2D eigenvalue weighted by Gasteiger charge is -2.31. The first-order chi connectivity index (χ1) is 9.21. The molecule has 0 heterocycles. The van der Waals surface area contributed by atoms with Gasteiger partial charge in [-0.15, -0.1) is 0 Å². The summed E-state index contributed by atoms with van der Waals surface area (Å²) in [5.74, 6) is 0. The smallest absolute Gasteiger partial charge is 0.0613 e. The largest absolute Gasteiger partial charge is 0.394 e. The molecule has 0 aromatic heterocycles. The van der Waals surface area contributed by atoms with E-state index in [2.05, 4.69) is 10.2 Å². The first kappa shape index (κ1) is 16.9. The average Bonchev–Trinajstić information content (AvgIpc) is 2.88. The molecule has 1 aliphatic carbocycles. The molecular weight excluding hydrogens is 244 g/mol. The number of rotatable bonds is 10. The van der Waals surface area contributed by atoms with Crippen molar-refractivity contribution in [2.45, 2.75) is 37.3 Å². The Balaban J connectivity index is 2.50. The minimum atomic E-state index is -0.0861. The fourth-order valence-electron chi connectivity index (χ4n) is 2.96. The van der Waals surface area contributed by atoms with Crippen LogP contribution in [0, 0.1) is 0 Å². The van der Waals surface area contributed by atoms with Gasteiger partial charge in [-0.1, -0.05) is 0 Å². The second kappa shape index (κ2) is 8.87. The summed E-state index contributed by atoms with van der Waals surface area (Å²) in [6.07, 6.45) is 4.23. The summed E-state index contributed by atoms with van der Waals surface area (Å²) < 4.78 is 10.3. The molecule has 0 spiro atoms. The van der Waals surface area contributed by atoms with Crippen molar-refractivity contribution in [2.75, 3.05) is 54.2 Å². The van der Waals surface area contributed by atoms with Crippen LogP contribution in [0.4, 0.5) is 0 Å². The fourth-order valence-corrected chi connectivity index (χ4v) is 2.96. The van der Waals surface area contributed by atoms with Crippen LogP contribution in [0.5, 0.6) is 0 Å². The molecular formula is C14H30N2O3. The molecule has 1 saturated carbocycles. The van der Waals surface area contributed by atoms with E-state index in [-0.39, 0.29) is 12.1 Å². The van der Waals surface area contributed by atoms with Crippen molar-refractivity contribution in [3.05, 3.63) is 0 Å². The molecule has 0 aromatic rings. The maximum atomic E-state index is 9.58. The number of aliphatic hydroxyl groups excluding tert-OH is 1. The standard InChI is InChI=1S/C14H30N2O3/c1-15-14(12-17)6-5-13(11-14)16(8-10-19-3)7-4-9-18-2/h13,15,17H,4-12H2,1-3H3. The van der Waals surface area contributed by atoms with Gasteiger partial charge in [-0.3, -0.25) is 4.90 Å². The minimum Gasteiger partial charge on any atom is -0.394 e. The predicted molar refractivity (Wildman–Crippen MR) is 76.5 cm³/mol. The van der Waals surface area contributed by atoms with Crippen LogP contribution in [0.1, 0.15) is 25.7 Å². The molecule has 0 amide bonds. The third-order valence-electron chi connectivity index (χ3n) is 4.31. The monoisotopic (exact) mass is 274 g/mol. The van der Waals surface area contributed by atoms with Gasteiger partial charge in [0, 0.05) is 45.5 Å². The number of ether oxygens (including phenoxy) is 2. The van der Waals surface area contributed by atoms with Gasteiger partial charge in [-0.05, 0) is 32.7 Å². The summed E-state index contributed by atoms with van der Waals surface area (Å²) in [5.41, 5.74) is -0.0861. The molecule has 2 unspecified atom stereocenters. The maximum Gasteiger partial charge on any atom is 0.0613 e. The summed E-state index contributed by atoms with van der Waals surface area (Å²) in [6, 6.07) is 0.534. The van der Waals surface area contributed by atoms with Crippen LogP contribution < -0.4 is 5.32 Å². The van der Waals surface area contributed by atoms with Crippen molar-refractivity contribution in [1.82, 2.24) is 10.2 Å². The number of hydrogen-bond acceptors (Lipinski definition) is 5. The quantitative estimate of drug-likeness (QED) is 0.567. The van der Waals surface area contributed by atoms with Crippen LogP contribution in [-0.4, -0.2) is 75.8 Å². The van der Waals surface area contributed by atoms with Gasteiger partial charge in [0.1, 0.15) is 0 Å². The molecule has 19 heavy (non-hydrogen) atoms. The number of hydrogen-bond donors (Lipinski definition) is 2. The lowest BCUT2D eigenvalue weighted by atomic mass is 9.99. The normalized spacial score (nSPS) is 27.3. The van der Waals surface area contributed by atoms with E-state index in [1.54, 1.807) is 14.2 Å². The van der Waals surface area contributed by atoms with Crippen LogP contribution in [0.2, 0.25) is 0 Å². The SMILES string of the molecule is CNC1(CO)CCC(N(CCCOC)CCOC)C1. The third kappa shape index (κ3) is 5.00. The van der Waals surface area contributed by atoms with Crippen LogP contribution in [-0.2, 0) is 9.47 Å². The Hall–Kier alpha value is -0.200. The highest BCUT2D eigenvalue weighted by Crippen LogP contribution is 2.32. The van der Waals surface area contributed by atoms with E-state index in [1.807, 2.05) is 7.05 Å². The molecule has 5 nitrogen and oxygen atoms in total. The zero-order chi connectivity index (χ0) is 14.1. The summed E-state index contributed by atoms with van der Waals surface area (Å²) in [6.45, 7) is 3.77. The zero-order valence-electron chi connectivity index (χ0n) is 12.7. The first-order valence-electron chi connectivity index (χ1n) is 7.23. The molecule has 0 bridgehead atoms. The Morgan fingerprint density at radius 3 is 2.53 bits per heavy atom. The Kier molecular flexibility index (Phi) is 7.87. The van der Waals surface area contributed by atoms with E-state index in [0.29, 0.717) is 6.04 Å². The van der Waals surface area contributed by atoms with E-state index >= 15 is 0 Å². The van der Waals surface area contributed by atoms with E-state index in [1.165, 1.54) is 0 Å². The van der Waals surface area contributed by atoms with Crippen molar-refractivity contribution in [3.63, 3.8) is 0 Å². The first-order valence-corrected chi connectivity index (χ1v) is 7.23. The average molecular weight is 274 g/mol. The van der Waals surface area contributed by atoms with Gasteiger partial charge in [0.15, 0.2) is 0 Å². The van der Waals surface area contributed by atoms with Gasteiger partial charge in [0.25, 0.3) is 0 Å². The number of nitrogens with zero attached hydrogens (tertiary/aromatic N) is 1. The van der Waals surface area contributed by atoms with Crippen molar-refractivity contribution >= 4 is 0 Å². The van der Waals surface area contributed by atoms with Crippen LogP contribution in [0.25, 0.3) is 0 Å². The Labute approximate surface area is 117 Å². The molecule has 0 saturated heterocycles. The number of methoxy groups -OCH3 is 2. The van der Waals surface area contributed by atoms with Crippen LogP contribution >= 0.6 is 0 Å². The lowest BCUT2D eigenvalue weighted by molar-refractivity contribution is 0.0992. The lowest BCUT2D eigenvalue weighted by Crippen LogP contribution is -2.46. The molecule has 114 valence electrons. The highest BCUT2D eigenvalue weighted by atomic mass is 16.5. The van der Waals surface area contributed by atoms with E-state index in [0.717, 1.165) is 52.0 Å². The van der Waals surface area contributed by atoms with Gasteiger partial charge in [0.2, 0.25) is 0 Å². The van der Waals surface area contributed by atoms with E-state index in [9.17, 15) is 5.11 Å². The van der Waals surface area contributed by atoms with Crippen LogP contribution in [0.15, 0.2) is 0 Å². The molecule has 2 N–H and O–H groups in total. The summed E-state index contributed by atoms with van der Waals surface area (Å²) >= 11 is 0. The van der Waals surface area contributed by atoms with Gasteiger partial charge in [0.05, 0.1) is 13.2 Å². The molecule has 1 fully saturated rings. The van der Waals surface area contributed by atoms with Gasteiger partial charge in [-0.25, -0.2) is 0 Å². The highest BCUT2D eigenvalue weighted by molar-refractivity contribution is 4.98. The molecule has 0 aliphatic heterocycles. The molecule has 0 radical (unpaired) electrons. The summed E-state index contributed by atoms with van der Waals surface area (Å²) in [4.78, 5) is 2.48. The van der Waals surface area contributed by atoms with Crippen LogP contribution in [0.3, 0.4) is 0 Å². The third-order valence-corrected chi connectivity index (χ3v) is 4.31. The molecule has 5 heteroatoms. The number of nitrogens with one attached hydrogen (secondary N) is 1. The topological polar surface area (TPSA) is 54.0 Å². The van der Waals surface area contributed by atoms with Gasteiger partial charge < -0.3 is 19.9 Å². The Bertz CT molecular complexity index is 235. The zero-order valence-corrected chi connectivity index (χ0v) is 12.7. The number of aliphatic hydroxyl groups is 1. The summed E-state index contributed by atoms with van der Waals surface area (Å²) in [5, 5.41) is 12.9. The van der Waals surface area contributed by atoms with Crippen molar-refractivity contribution < 1.29 is 14.6 Å². The number of likely N-dealkylation sites (N-methyl/N-ethyl adjacent to an activating group) is 1. The Morgan fingerprint density at radius 1 is 1.26 bits per heavy atom. The van der Waals surface area contributed by atoms with Crippen molar-refractivity contribution in [3.8, 4) is 0 Å². The molecule has 1 rings (SSSR count). The van der Waals surface area contributed by atoms with Crippen molar-refractivity contribution in [1.29, 1.82) is 0 Å². The van der Waals surface area contributed by atoms with Gasteiger partial charge in [-0.2, -0.15) is 0 Å². The van der Waals surface area contributed by atoms with E-state index in [4.69, 9.17) is 9.47 Å². The highest BCUT2D eigenvalue weighted by Gasteiger charge is 2.39. The molecule has 0 aromatic carbocycles. The minimum absolute atomic E-state index is 0.0861. The summed E-state index contributed by atoms with van der Waals surface area (Å²) in [7, 11) is 5.43. The fraction of sp³-hybridized carbons (Fsp3) is 1.00. The Morgan fingerprint density at radius 2 is 2.00 bits per heavy atom. The van der Waals surface area contributed by atoms with E-state index < -0.39 is 0 Å². The van der Waals surface area contributed by atoms with Crippen molar-refractivity contribution in [2.24, 2.45) is 0 Å². The second-order valence-corrected chi connectivity index (χ2v) is 5.46. The second-order valence-electron chi connectivity index (χ2n) is 5.46. The molecule has 1 aliphatic rings. The predicted octanol–water partition coefficient (Wildman–Crippen LogP) is 0.474. The molecule has 2 atom stereocenters. The van der Waals surface area contributed by atoms with Gasteiger partial charge >= 0.3 is 0 Å².